The van der Waals surface area contributed by atoms with Crippen molar-refractivity contribution in [3.8, 4) is 16.3 Å². The number of fused-ring (bicyclic) bond motifs is 1. The van der Waals surface area contributed by atoms with Crippen molar-refractivity contribution in [2.45, 2.75) is 6.04 Å². The number of ether oxygens (including phenoxy) is 1. The first kappa shape index (κ1) is 13.1. The van der Waals surface area contributed by atoms with Crippen LogP contribution in [0.15, 0.2) is 41.8 Å². The normalized spacial score (nSPS) is 16.4. The van der Waals surface area contributed by atoms with E-state index in [1.54, 1.807) is 18.4 Å². The second-order valence-corrected chi connectivity index (χ2v) is 5.93. The van der Waals surface area contributed by atoms with Crippen LogP contribution < -0.4 is 10.1 Å². The molecule has 1 aliphatic heterocycles. The summed E-state index contributed by atoms with van der Waals surface area (Å²) < 4.78 is 5.44. The van der Waals surface area contributed by atoms with E-state index in [1.807, 2.05) is 41.8 Å². The van der Waals surface area contributed by atoms with E-state index in [9.17, 15) is 4.79 Å². The monoisotopic (exact) mass is 311 g/mol. The van der Waals surface area contributed by atoms with E-state index in [-0.39, 0.29) is 11.9 Å². The molecule has 110 valence electrons. The zero-order valence-corrected chi connectivity index (χ0v) is 12.6. The average molecular weight is 311 g/mol. The van der Waals surface area contributed by atoms with Gasteiger partial charge in [-0.1, -0.05) is 24.3 Å². The molecule has 0 bridgehead atoms. The first-order chi connectivity index (χ1) is 10.8. The Morgan fingerprint density at radius 3 is 2.86 bits per heavy atom. The topological polar surface area (TPSA) is 67.0 Å². The van der Waals surface area contributed by atoms with Crippen molar-refractivity contribution in [3.63, 3.8) is 0 Å². The van der Waals surface area contributed by atoms with E-state index < -0.39 is 0 Å². The maximum atomic E-state index is 12.2. The molecule has 0 aliphatic carbocycles. The molecule has 0 fully saturated rings. The van der Waals surface area contributed by atoms with Crippen LogP contribution in [-0.4, -0.2) is 23.2 Å². The van der Waals surface area contributed by atoms with E-state index >= 15 is 0 Å². The van der Waals surface area contributed by atoms with Gasteiger partial charge < -0.3 is 10.1 Å². The zero-order valence-electron chi connectivity index (χ0n) is 11.8. The SMILES string of the molecule is COc1ccccc1C1NC(=O)c2n[nH]c(-c3cccs3)c21. The molecular formula is C16H13N3O2S. The lowest BCUT2D eigenvalue weighted by Crippen LogP contribution is -2.21. The van der Waals surface area contributed by atoms with E-state index in [0.29, 0.717) is 5.69 Å². The summed E-state index contributed by atoms with van der Waals surface area (Å²) in [7, 11) is 1.63. The van der Waals surface area contributed by atoms with Crippen LogP contribution in [0.3, 0.4) is 0 Å². The maximum absolute atomic E-state index is 12.2. The molecule has 5 nitrogen and oxygen atoms in total. The molecule has 2 N–H and O–H groups in total. The summed E-state index contributed by atoms with van der Waals surface area (Å²) in [6.45, 7) is 0. The smallest absolute Gasteiger partial charge is 0.272 e. The van der Waals surface area contributed by atoms with Crippen molar-refractivity contribution in [2.75, 3.05) is 7.11 Å². The molecule has 6 heteroatoms. The molecule has 1 aliphatic rings. The summed E-state index contributed by atoms with van der Waals surface area (Å²) in [5.41, 5.74) is 3.16. The molecule has 0 saturated carbocycles. The average Bonchev–Trinajstić information content (AvgIpc) is 3.25. The zero-order chi connectivity index (χ0) is 15.1. The van der Waals surface area contributed by atoms with Crippen LogP contribution in [-0.2, 0) is 0 Å². The lowest BCUT2D eigenvalue weighted by atomic mass is 9.98. The summed E-state index contributed by atoms with van der Waals surface area (Å²) in [4.78, 5) is 13.3. The van der Waals surface area contributed by atoms with Gasteiger partial charge >= 0.3 is 0 Å². The van der Waals surface area contributed by atoms with Gasteiger partial charge in [0.25, 0.3) is 5.91 Å². The Morgan fingerprint density at radius 2 is 2.09 bits per heavy atom. The minimum absolute atomic E-state index is 0.162. The van der Waals surface area contributed by atoms with Crippen LogP contribution in [0.2, 0.25) is 0 Å². The number of carbonyl (C=O) groups is 1. The number of carbonyl (C=O) groups excluding carboxylic acids is 1. The number of benzene rings is 1. The van der Waals surface area contributed by atoms with E-state index in [4.69, 9.17) is 4.74 Å². The summed E-state index contributed by atoms with van der Waals surface area (Å²) in [5.74, 6) is 0.587. The molecule has 0 saturated heterocycles. The Hall–Kier alpha value is -2.60. The predicted molar refractivity (Wildman–Crippen MR) is 84.2 cm³/mol. The van der Waals surface area contributed by atoms with Gasteiger partial charge in [-0.2, -0.15) is 5.10 Å². The molecule has 0 radical (unpaired) electrons. The fourth-order valence-corrected chi connectivity index (χ4v) is 3.56. The minimum atomic E-state index is -0.255. The molecule has 0 spiro atoms. The van der Waals surface area contributed by atoms with Crippen LogP contribution >= 0.6 is 11.3 Å². The molecule has 2 aromatic heterocycles. The van der Waals surface area contributed by atoms with Gasteiger partial charge in [-0.25, -0.2) is 0 Å². The molecule has 1 atom stereocenters. The van der Waals surface area contributed by atoms with Gasteiger partial charge in [0.2, 0.25) is 0 Å². The largest absolute Gasteiger partial charge is 0.496 e. The van der Waals surface area contributed by atoms with Gasteiger partial charge in [-0.15, -0.1) is 11.3 Å². The van der Waals surface area contributed by atoms with Crippen molar-refractivity contribution in [1.82, 2.24) is 15.5 Å². The molecule has 3 aromatic rings. The molecule has 4 rings (SSSR count). The number of hydrogen-bond donors (Lipinski definition) is 2. The van der Waals surface area contributed by atoms with E-state index in [1.165, 1.54) is 0 Å². The number of aromatic amines is 1. The molecule has 3 heterocycles. The molecule has 1 unspecified atom stereocenters. The third-order valence-electron chi connectivity index (χ3n) is 3.80. The number of hydrogen-bond acceptors (Lipinski definition) is 4. The van der Waals surface area contributed by atoms with Crippen LogP contribution in [0, 0.1) is 0 Å². The van der Waals surface area contributed by atoms with Crippen molar-refractivity contribution in [2.24, 2.45) is 0 Å². The number of nitrogens with one attached hydrogen (secondary N) is 2. The van der Waals surface area contributed by atoms with Crippen molar-refractivity contribution >= 4 is 17.2 Å². The molecule has 22 heavy (non-hydrogen) atoms. The fourth-order valence-electron chi connectivity index (χ4n) is 2.82. The van der Waals surface area contributed by atoms with Gasteiger partial charge in [-0.05, 0) is 17.5 Å². The molecule has 1 aromatic carbocycles. The summed E-state index contributed by atoms with van der Waals surface area (Å²) in [5, 5.41) is 12.2. The number of aromatic nitrogens is 2. The first-order valence-corrected chi connectivity index (χ1v) is 7.73. The van der Waals surface area contributed by atoms with Gasteiger partial charge in [0.05, 0.1) is 23.7 Å². The van der Waals surface area contributed by atoms with Gasteiger partial charge in [-0.3, -0.25) is 9.89 Å². The number of amides is 1. The third kappa shape index (κ3) is 1.84. The highest BCUT2D eigenvalue weighted by molar-refractivity contribution is 7.13. The predicted octanol–water partition coefficient (Wildman–Crippen LogP) is 2.98. The summed E-state index contributed by atoms with van der Waals surface area (Å²) >= 11 is 1.61. The Labute approximate surface area is 130 Å². The van der Waals surface area contributed by atoms with E-state index in [0.717, 1.165) is 27.4 Å². The number of H-pyrrole nitrogens is 1. The van der Waals surface area contributed by atoms with Crippen LogP contribution in [0.4, 0.5) is 0 Å². The van der Waals surface area contributed by atoms with Crippen molar-refractivity contribution < 1.29 is 9.53 Å². The van der Waals surface area contributed by atoms with Gasteiger partial charge in [0.15, 0.2) is 5.69 Å². The van der Waals surface area contributed by atoms with Crippen LogP contribution in [0.25, 0.3) is 10.6 Å². The Bertz CT molecular complexity index is 839. The molecular weight excluding hydrogens is 298 g/mol. The van der Waals surface area contributed by atoms with Gasteiger partial charge in [0.1, 0.15) is 5.75 Å². The number of para-hydroxylation sites is 1. The Morgan fingerprint density at radius 1 is 1.23 bits per heavy atom. The standard InChI is InChI=1S/C16H13N3O2S/c1-21-10-6-3-2-5-9(10)13-12-14(11-7-4-8-22-11)18-19-15(12)16(20)17-13/h2-8,13H,1H3,(H,17,20)(H,18,19). The molecule has 1 amide bonds. The maximum Gasteiger partial charge on any atom is 0.272 e. The Kier molecular flexibility index (Phi) is 2.97. The number of rotatable bonds is 3. The summed E-state index contributed by atoms with van der Waals surface area (Å²) in [6.07, 6.45) is 0. The van der Waals surface area contributed by atoms with Gasteiger partial charge in [0, 0.05) is 11.1 Å². The van der Waals surface area contributed by atoms with Crippen molar-refractivity contribution in [3.05, 3.63) is 58.6 Å². The highest BCUT2D eigenvalue weighted by Crippen LogP contribution is 2.40. The third-order valence-corrected chi connectivity index (χ3v) is 4.69. The quantitative estimate of drug-likeness (QED) is 0.781. The number of methoxy groups -OCH3 is 1. The Balaban J connectivity index is 1.89. The first-order valence-electron chi connectivity index (χ1n) is 6.85. The lowest BCUT2D eigenvalue weighted by molar-refractivity contribution is 0.0955. The van der Waals surface area contributed by atoms with Crippen LogP contribution in [0.5, 0.6) is 5.75 Å². The minimum Gasteiger partial charge on any atom is -0.496 e. The number of thiophene rings is 1. The second kappa shape index (κ2) is 4.99. The van der Waals surface area contributed by atoms with Crippen LogP contribution in [0.1, 0.15) is 27.7 Å². The highest BCUT2D eigenvalue weighted by atomic mass is 32.1. The van der Waals surface area contributed by atoms with Crippen molar-refractivity contribution in [1.29, 1.82) is 0 Å². The fraction of sp³-hybridized carbons (Fsp3) is 0.125. The second-order valence-electron chi connectivity index (χ2n) is 4.99. The number of nitrogens with zero attached hydrogens (tertiary/aromatic N) is 1. The van der Waals surface area contributed by atoms with E-state index in [2.05, 4.69) is 15.5 Å². The lowest BCUT2D eigenvalue weighted by Gasteiger charge is -2.16. The highest BCUT2D eigenvalue weighted by Gasteiger charge is 2.37. The summed E-state index contributed by atoms with van der Waals surface area (Å²) in [6, 6.07) is 11.4.